The highest BCUT2D eigenvalue weighted by atomic mass is 16.3. The molecule has 0 spiro atoms. The Morgan fingerprint density at radius 3 is 2.72 bits per heavy atom. The van der Waals surface area contributed by atoms with E-state index in [9.17, 15) is 5.11 Å². The van der Waals surface area contributed by atoms with E-state index in [1.807, 2.05) is 18.2 Å². The Hall–Kier alpha value is -1.53. The molecule has 3 nitrogen and oxygen atoms in total. The van der Waals surface area contributed by atoms with Crippen LogP contribution >= 0.6 is 0 Å². The first-order valence-electron chi connectivity index (χ1n) is 6.63. The van der Waals surface area contributed by atoms with E-state index in [0.29, 0.717) is 5.56 Å². The van der Waals surface area contributed by atoms with Crippen molar-refractivity contribution < 1.29 is 5.11 Å². The van der Waals surface area contributed by atoms with Crippen LogP contribution in [0.25, 0.3) is 0 Å². The van der Waals surface area contributed by atoms with E-state index in [-0.39, 0.29) is 12.0 Å². The number of nitrogens with one attached hydrogen (secondary N) is 1. The Labute approximate surface area is 108 Å². The highest BCUT2D eigenvalue weighted by Gasteiger charge is 2.30. The SMILES string of the molecule is N#Cc1cccc(NCC2(CO)CCCCC2)c1. The standard InChI is InChI=1S/C15H20N2O/c16-10-13-5-4-6-14(9-13)17-11-15(12-18)7-2-1-3-8-15/h4-6,9,17-18H,1-3,7-8,11-12H2. The number of hydrogen-bond donors (Lipinski definition) is 2. The highest BCUT2D eigenvalue weighted by molar-refractivity contribution is 5.49. The van der Waals surface area contributed by atoms with Crippen LogP contribution in [0.3, 0.4) is 0 Å². The molecule has 2 N–H and O–H groups in total. The van der Waals surface area contributed by atoms with Crippen molar-refractivity contribution >= 4 is 5.69 Å². The van der Waals surface area contributed by atoms with E-state index in [4.69, 9.17) is 5.26 Å². The van der Waals surface area contributed by atoms with Crippen molar-refractivity contribution in [3.63, 3.8) is 0 Å². The molecule has 0 atom stereocenters. The second kappa shape index (κ2) is 5.88. The minimum Gasteiger partial charge on any atom is -0.396 e. The first-order valence-corrected chi connectivity index (χ1v) is 6.63. The van der Waals surface area contributed by atoms with Crippen LogP contribution in [-0.4, -0.2) is 18.3 Å². The molecule has 0 amide bonds. The first-order chi connectivity index (χ1) is 8.78. The van der Waals surface area contributed by atoms with Crippen LogP contribution in [0.2, 0.25) is 0 Å². The lowest BCUT2D eigenvalue weighted by Crippen LogP contribution is -2.35. The van der Waals surface area contributed by atoms with E-state index >= 15 is 0 Å². The number of nitrogens with zero attached hydrogens (tertiary/aromatic N) is 1. The lowest BCUT2D eigenvalue weighted by molar-refractivity contribution is 0.0944. The van der Waals surface area contributed by atoms with Crippen LogP contribution in [0.15, 0.2) is 24.3 Å². The zero-order valence-corrected chi connectivity index (χ0v) is 10.7. The molecule has 2 rings (SSSR count). The van der Waals surface area contributed by atoms with Crippen LogP contribution < -0.4 is 5.32 Å². The number of nitriles is 1. The van der Waals surface area contributed by atoms with Crippen LogP contribution in [0.5, 0.6) is 0 Å². The van der Waals surface area contributed by atoms with Crippen molar-refractivity contribution in [2.75, 3.05) is 18.5 Å². The van der Waals surface area contributed by atoms with Gasteiger partial charge in [-0.2, -0.15) is 5.26 Å². The molecule has 1 aromatic rings. The molecule has 1 aliphatic carbocycles. The molecule has 0 heterocycles. The Morgan fingerprint density at radius 1 is 1.28 bits per heavy atom. The normalized spacial score (nSPS) is 18.0. The van der Waals surface area contributed by atoms with Gasteiger partial charge in [0.1, 0.15) is 0 Å². The third-order valence-corrected chi connectivity index (χ3v) is 3.91. The summed E-state index contributed by atoms with van der Waals surface area (Å²) in [5.41, 5.74) is 1.66. The number of anilines is 1. The van der Waals surface area contributed by atoms with Crippen molar-refractivity contribution in [1.82, 2.24) is 0 Å². The fourth-order valence-corrected chi connectivity index (χ4v) is 2.68. The van der Waals surface area contributed by atoms with Gasteiger partial charge in [0, 0.05) is 17.6 Å². The van der Waals surface area contributed by atoms with Gasteiger partial charge in [-0.1, -0.05) is 25.3 Å². The molecule has 0 bridgehead atoms. The van der Waals surface area contributed by atoms with Crippen molar-refractivity contribution in [3.8, 4) is 6.07 Å². The van der Waals surface area contributed by atoms with Gasteiger partial charge in [-0.05, 0) is 31.0 Å². The topological polar surface area (TPSA) is 56.0 Å². The summed E-state index contributed by atoms with van der Waals surface area (Å²) >= 11 is 0. The second-order valence-corrected chi connectivity index (χ2v) is 5.26. The average molecular weight is 244 g/mol. The Bertz CT molecular complexity index is 430. The minimum atomic E-state index is 0.0287. The number of aliphatic hydroxyl groups excluding tert-OH is 1. The number of rotatable bonds is 4. The molecule has 0 radical (unpaired) electrons. The molecule has 1 fully saturated rings. The largest absolute Gasteiger partial charge is 0.396 e. The van der Waals surface area contributed by atoms with Gasteiger partial charge in [0.2, 0.25) is 0 Å². The maximum atomic E-state index is 9.63. The van der Waals surface area contributed by atoms with Crippen LogP contribution in [0.1, 0.15) is 37.7 Å². The van der Waals surface area contributed by atoms with Crippen molar-refractivity contribution in [1.29, 1.82) is 5.26 Å². The Kier molecular flexibility index (Phi) is 4.22. The van der Waals surface area contributed by atoms with Crippen LogP contribution in [-0.2, 0) is 0 Å². The maximum absolute atomic E-state index is 9.63. The van der Waals surface area contributed by atoms with Gasteiger partial charge in [0.25, 0.3) is 0 Å². The fraction of sp³-hybridized carbons (Fsp3) is 0.533. The smallest absolute Gasteiger partial charge is 0.0992 e. The third kappa shape index (κ3) is 3.02. The predicted molar refractivity (Wildman–Crippen MR) is 72.3 cm³/mol. The van der Waals surface area contributed by atoms with Gasteiger partial charge in [-0.15, -0.1) is 0 Å². The monoisotopic (exact) mass is 244 g/mol. The molecule has 1 saturated carbocycles. The van der Waals surface area contributed by atoms with Crippen LogP contribution in [0.4, 0.5) is 5.69 Å². The number of aliphatic hydroxyl groups is 1. The third-order valence-electron chi connectivity index (χ3n) is 3.91. The summed E-state index contributed by atoms with van der Waals surface area (Å²) in [6.07, 6.45) is 5.88. The average Bonchev–Trinajstić information content (AvgIpc) is 2.46. The summed E-state index contributed by atoms with van der Waals surface area (Å²) in [4.78, 5) is 0. The Balaban J connectivity index is 1.99. The second-order valence-electron chi connectivity index (χ2n) is 5.26. The lowest BCUT2D eigenvalue weighted by Gasteiger charge is -2.36. The van der Waals surface area contributed by atoms with E-state index in [1.165, 1.54) is 19.3 Å². The highest BCUT2D eigenvalue weighted by Crippen LogP contribution is 2.36. The zero-order valence-electron chi connectivity index (χ0n) is 10.7. The fourth-order valence-electron chi connectivity index (χ4n) is 2.68. The lowest BCUT2D eigenvalue weighted by atomic mass is 9.74. The molecule has 0 aliphatic heterocycles. The Morgan fingerprint density at radius 2 is 2.06 bits per heavy atom. The quantitative estimate of drug-likeness (QED) is 0.856. The molecule has 1 aliphatic rings. The minimum absolute atomic E-state index is 0.0287. The van der Waals surface area contributed by atoms with Gasteiger partial charge < -0.3 is 10.4 Å². The summed E-state index contributed by atoms with van der Waals surface area (Å²) in [6, 6.07) is 9.64. The summed E-state index contributed by atoms with van der Waals surface area (Å²) in [5.74, 6) is 0. The molecule has 18 heavy (non-hydrogen) atoms. The van der Waals surface area contributed by atoms with Crippen molar-refractivity contribution in [2.24, 2.45) is 5.41 Å². The van der Waals surface area contributed by atoms with Crippen molar-refractivity contribution in [3.05, 3.63) is 29.8 Å². The van der Waals surface area contributed by atoms with Gasteiger partial charge in [0.15, 0.2) is 0 Å². The van der Waals surface area contributed by atoms with Crippen molar-refractivity contribution in [2.45, 2.75) is 32.1 Å². The molecular formula is C15H20N2O. The zero-order chi connectivity index (χ0) is 12.8. The summed E-state index contributed by atoms with van der Waals surface area (Å²) in [6.45, 7) is 1.04. The molecule has 96 valence electrons. The van der Waals surface area contributed by atoms with E-state index in [0.717, 1.165) is 25.1 Å². The van der Waals surface area contributed by atoms with Gasteiger partial charge in [-0.3, -0.25) is 0 Å². The molecule has 0 unspecified atom stereocenters. The summed E-state index contributed by atoms with van der Waals surface area (Å²) in [5, 5.41) is 21.9. The summed E-state index contributed by atoms with van der Waals surface area (Å²) < 4.78 is 0. The predicted octanol–water partition coefficient (Wildman–Crippen LogP) is 2.91. The van der Waals surface area contributed by atoms with Gasteiger partial charge in [-0.25, -0.2) is 0 Å². The molecule has 0 aromatic heterocycles. The molecule has 3 heteroatoms. The van der Waals surface area contributed by atoms with E-state index < -0.39 is 0 Å². The van der Waals surface area contributed by atoms with Gasteiger partial charge in [0.05, 0.1) is 18.2 Å². The molecular weight excluding hydrogens is 224 g/mol. The van der Waals surface area contributed by atoms with Crippen LogP contribution in [0, 0.1) is 16.7 Å². The van der Waals surface area contributed by atoms with E-state index in [1.54, 1.807) is 6.07 Å². The maximum Gasteiger partial charge on any atom is 0.0992 e. The first kappa shape index (κ1) is 12.9. The van der Waals surface area contributed by atoms with Gasteiger partial charge >= 0.3 is 0 Å². The molecule has 1 aromatic carbocycles. The molecule has 0 saturated heterocycles. The number of hydrogen-bond acceptors (Lipinski definition) is 3. The van der Waals surface area contributed by atoms with E-state index in [2.05, 4.69) is 11.4 Å². The summed E-state index contributed by atoms with van der Waals surface area (Å²) in [7, 11) is 0. The number of benzene rings is 1.